The maximum absolute atomic E-state index is 14.6. The number of nitrogens with one attached hydrogen (secondary N) is 2. The minimum absolute atomic E-state index is 0.0944. The normalized spacial score (nSPS) is 15.5. The second-order valence-electron chi connectivity index (χ2n) is 8.62. The van der Waals surface area contributed by atoms with Gasteiger partial charge in [-0.15, -0.1) is 0 Å². The van der Waals surface area contributed by atoms with Crippen LogP contribution in [0.3, 0.4) is 0 Å². The molecule has 146 valence electrons. The average molecular weight is 380 g/mol. The molecule has 0 saturated heterocycles. The molecule has 1 saturated carbocycles. The van der Waals surface area contributed by atoms with Crippen molar-refractivity contribution in [3.8, 4) is 5.75 Å². The molecule has 0 bridgehead atoms. The van der Waals surface area contributed by atoms with E-state index in [0.717, 1.165) is 35.2 Å². The number of aromatic amines is 1. The highest BCUT2D eigenvalue weighted by Crippen LogP contribution is 2.49. The summed E-state index contributed by atoms with van der Waals surface area (Å²) < 4.78 is 19.8. The van der Waals surface area contributed by atoms with Crippen molar-refractivity contribution >= 4 is 22.5 Å². The van der Waals surface area contributed by atoms with Crippen LogP contribution in [0, 0.1) is 5.82 Å². The quantitative estimate of drug-likeness (QED) is 0.647. The van der Waals surface area contributed by atoms with Crippen LogP contribution in [-0.4, -0.2) is 18.0 Å². The molecule has 4 rings (SSSR count). The van der Waals surface area contributed by atoms with E-state index in [0.29, 0.717) is 11.2 Å². The predicted molar refractivity (Wildman–Crippen MR) is 109 cm³/mol. The van der Waals surface area contributed by atoms with Crippen molar-refractivity contribution in [3.63, 3.8) is 0 Å². The van der Waals surface area contributed by atoms with Gasteiger partial charge in [0.25, 0.3) is 0 Å². The third-order valence-corrected chi connectivity index (χ3v) is 5.57. The fourth-order valence-electron chi connectivity index (χ4n) is 3.61. The van der Waals surface area contributed by atoms with Gasteiger partial charge in [-0.05, 0) is 48.7 Å². The number of benzene rings is 2. The molecule has 0 spiro atoms. The first-order valence-electron chi connectivity index (χ1n) is 9.52. The van der Waals surface area contributed by atoms with Gasteiger partial charge < -0.3 is 15.0 Å². The van der Waals surface area contributed by atoms with E-state index in [-0.39, 0.29) is 17.1 Å². The van der Waals surface area contributed by atoms with E-state index >= 15 is 0 Å². The molecule has 2 aromatic carbocycles. The van der Waals surface area contributed by atoms with E-state index in [4.69, 9.17) is 4.74 Å². The number of amides is 1. The second kappa shape index (κ2) is 6.36. The molecule has 1 aliphatic carbocycles. The maximum Gasteiger partial charge on any atom is 0.235 e. The van der Waals surface area contributed by atoms with Crippen LogP contribution in [0.15, 0.2) is 42.5 Å². The summed E-state index contributed by atoms with van der Waals surface area (Å²) in [5, 5.41) is 3.69. The lowest BCUT2D eigenvalue weighted by atomic mass is 9.92. The fraction of sp³-hybridized carbons (Fsp3) is 0.348. The van der Waals surface area contributed by atoms with Crippen molar-refractivity contribution < 1.29 is 13.9 Å². The minimum Gasteiger partial charge on any atom is -0.497 e. The van der Waals surface area contributed by atoms with Crippen LogP contribution in [0.4, 0.5) is 10.1 Å². The standard InChI is InChI=1S/C23H25FN2O2/c1-22(2,3)19-12-14-11-16(13-18(24)20(14)26-19)25-21(27)23(9-10-23)15-5-7-17(28-4)8-6-15/h5-8,11-13,26H,9-10H2,1-4H3,(H,25,27). The van der Waals surface area contributed by atoms with E-state index in [1.54, 1.807) is 7.11 Å². The van der Waals surface area contributed by atoms with Crippen LogP contribution in [0.5, 0.6) is 5.75 Å². The maximum atomic E-state index is 14.6. The van der Waals surface area contributed by atoms with Gasteiger partial charge in [0.2, 0.25) is 5.91 Å². The highest BCUT2D eigenvalue weighted by Gasteiger charge is 2.51. The smallest absolute Gasteiger partial charge is 0.235 e. The third kappa shape index (κ3) is 3.15. The molecule has 0 unspecified atom stereocenters. The summed E-state index contributed by atoms with van der Waals surface area (Å²) in [6.07, 6.45) is 1.57. The first-order valence-corrected chi connectivity index (χ1v) is 9.52. The number of methoxy groups -OCH3 is 1. The number of ether oxygens (including phenoxy) is 1. The summed E-state index contributed by atoms with van der Waals surface area (Å²) in [6.45, 7) is 6.22. The van der Waals surface area contributed by atoms with Crippen molar-refractivity contribution in [2.24, 2.45) is 0 Å². The van der Waals surface area contributed by atoms with Crippen molar-refractivity contribution in [1.82, 2.24) is 4.98 Å². The summed E-state index contributed by atoms with van der Waals surface area (Å²) in [4.78, 5) is 16.2. The van der Waals surface area contributed by atoms with Crippen LogP contribution in [0.1, 0.15) is 44.9 Å². The molecule has 5 heteroatoms. The Hall–Kier alpha value is -2.82. The van der Waals surface area contributed by atoms with Gasteiger partial charge in [-0.3, -0.25) is 4.79 Å². The summed E-state index contributed by atoms with van der Waals surface area (Å²) >= 11 is 0. The Morgan fingerprint density at radius 1 is 1.14 bits per heavy atom. The highest BCUT2D eigenvalue weighted by atomic mass is 19.1. The van der Waals surface area contributed by atoms with Gasteiger partial charge in [0.1, 0.15) is 11.6 Å². The lowest BCUT2D eigenvalue weighted by molar-refractivity contribution is -0.118. The van der Waals surface area contributed by atoms with Crippen molar-refractivity contribution in [1.29, 1.82) is 0 Å². The van der Waals surface area contributed by atoms with Crippen molar-refractivity contribution in [3.05, 3.63) is 59.5 Å². The summed E-state index contributed by atoms with van der Waals surface area (Å²) in [5.74, 6) is 0.301. The van der Waals surface area contributed by atoms with Crippen LogP contribution >= 0.6 is 0 Å². The number of hydrogen-bond acceptors (Lipinski definition) is 2. The van der Waals surface area contributed by atoms with Crippen molar-refractivity contribution in [2.45, 2.75) is 44.4 Å². The van der Waals surface area contributed by atoms with Crippen LogP contribution in [-0.2, 0) is 15.6 Å². The third-order valence-electron chi connectivity index (χ3n) is 5.57. The Morgan fingerprint density at radius 2 is 1.82 bits per heavy atom. The Balaban J connectivity index is 1.61. The lowest BCUT2D eigenvalue weighted by Crippen LogP contribution is -2.27. The largest absolute Gasteiger partial charge is 0.497 e. The number of anilines is 1. The van der Waals surface area contributed by atoms with Gasteiger partial charge in [-0.25, -0.2) is 4.39 Å². The Kier molecular flexibility index (Phi) is 4.21. The number of H-pyrrole nitrogens is 1. The molecular formula is C23H25FN2O2. The monoisotopic (exact) mass is 380 g/mol. The number of aromatic nitrogens is 1. The SMILES string of the molecule is COc1ccc(C2(C(=O)Nc3cc(F)c4[nH]c(C(C)(C)C)cc4c3)CC2)cc1. The van der Waals surface area contributed by atoms with Gasteiger partial charge in [0, 0.05) is 22.2 Å². The molecule has 1 aromatic heterocycles. The van der Waals surface area contributed by atoms with Crippen LogP contribution in [0.2, 0.25) is 0 Å². The number of fused-ring (bicyclic) bond motifs is 1. The lowest BCUT2D eigenvalue weighted by Gasteiger charge is -2.16. The zero-order chi connectivity index (χ0) is 20.1. The molecule has 0 atom stereocenters. The predicted octanol–water partition coefficient (Wildman–Crippen LogP) is 5.28. The molecule has 2 N–H and O–H groups in total. The van der Waals surface area contributed by atoms with Gasteiger partial charge in [0.05, 0.1) is 18.0 Å². The molecule has 3 aromatic rings. The first-order chi connectivity index (χ1) is 13.2. The van der Waals surface area contributed by atoms with E-state index < -0.39 is 5.41 Å². The summed E-state index contributed by atoms with van der Waals surface area (Å²) in [7, 11) is 1.62. The molecule has 1 heterocycles. The Morgan fingerprint density at radius 3 is 2.39 bits per heavy atom. The molecule has 1 amide bonds. The summed E-state index contributed by atoms with van der Waals surface area (Å²) in [5.41, 5.74) is 2.23. The molecule has 1 fully saturated rings. The van der Waals surface area contributed by atoms with Gasteiger partial charge in [-0.1, -0.05) is 32.9 Å². The fourth-order valence-corrected chi connectivity index (χ4v) is 3.61. The van der Waals surface area contributed by atoms with Gasteiger partial charge in [0.15, 0.2) is 0 Å². The molecular weight excluding hydrogens is 355 g/mol. The number of hydrogen-bond donors (Lipinski definition) is 2. The van der Waals surface area contributed by atoms with E-state index in [1.807, 2.05) is 36.4 Å². The molecule has 0 radical (unpaired) electrons. The van der Waals surface area contributed by atoms with Crippen molar-refractivity contribution in [2.75, 3.05) is 12.4 Å². The second-order valence-corrected chi connectivity index (χ2v) is 8.62. The molecule has 1 aliphatic rings. The van der Waals surface area contributed by atoms with Crippen LogP contribution in [0.25, 0.3) is 10.9 Å². The highest BCUT2D eigenvalue weighted by molar-refractivity contribution is 6.02. The van der Waals surface area contributed by atoms with E-state index in [9.17, 15) is 9.18 Å². The number of carbonyl (C=O) groups is 1. The molecule has 28 heavy (non-hydrogen) atoms. The van der Waals surface area contributed by atoms with Crippen LogP contribution < -0.4 is 10.1 Å². The first kappa shape index (κ1) is 18.5. The topological polar surface area (TPSA) is 54.1 Å². The Labute approximate surface area is 164 Å². The average Bonchev–Trinajstić information content (AvgIpc) is 3.34. The molecule has 0 aliphatic heterocycles. The Bertz CT molecular complexity index is 1040. The number of carbonyl (C=O) groups excluding carboxylic acids is 1. The summed E-state index contributed by atoms with van der Waals surface area (Å²) in [6, 6.07) is 12.7. The van der Waals surface area contributed by atoms with E-state index in [1.165, 1.54) is 6.07 Å². The zero-order valence-electron chi connectivity index (χ0n) is 16.7. The van der Waals surface area contributed by atoms with E-state index in [2.05, 4.69) is 31.1 Å². The number of rotatable bonds is 4. The minimum atomic E-state index is -0.535. The zero-order valence-corrected chi connectivity index (χ0v) is 16.7. The van der Waals surface area contributed by atoms with Gasteiger partial charge in [-0.2, -0.15) is 0 Å². The molecule has 4 nitrogen and oxygen atoms in total. The van der Waals surface area contributed by atoms with Gasteiger partial charge >= 0.3 is 0 Å². The number of halogens is 1.